The van der Waals surface area contributed by atoms with Gasteiger partial charge in [0.15, 0.2) is 0 Å². The predicted octanol–water partition coefficient (Wildman–Crippen LogP) is 1.75. The number of hydrogen-bond donors (Lipinski definition) is 0. The van der Waals surface area contributed by atoms with Crippen molar-refractivity contribution in [3.05, 3.63) is 0 Å². The maximum atomic E-state index is 11.4. The van der Waals surface area contributed by atoms with E-state index in [1.807, 2.05) is 16.7 Å². The van der Waals surface area contributed by atoms with Gasteiger partial charge >= 0.3 is 0 Å². The Morgan fingerprint density at radius 3 is 2.67 bits per heavy atom. The molecule has 0 radical (unpaired) electrons. The number of carbonyl (C=O) groups excluding carboxylic acids is 1. The highest BCUT2D eigenvalue weighted by Gasteiger charge is 2.16. The monoisotopic (exact) mass is 187 g/mol. The van der Waals surface area contributed by atoms with Crippen LogP contribution in [0.15, 0.2) is 0 Å². The lowest BCUT2D eigenvalue weighted by atomic mass is 10.4. The van der Waals surface area contributed by atoms with Gasteiger partial charge in [-0.05, 0) is 18.6 Å². The van der Waals surface area contributed by atoms with E-state index in [4.69, 9.17) is 0 Å². The Balaban J connectivity index is 2.10. The van der Waals surface area contributed by atoms with E-state index in [1.165, 1.54) is 12.8 Å². The van der Waals surface area contributed by atoms with Crippen LogP contribution in [0, 0.1) is 0 Å². The Morgan fingerprint density at radius 2 is 2.08 bits per heavy atom. The molecular formula is C9H17NOS. The Bertz CT molecular complexity index is 143. The lowest BCUT2D eigenvalue weighted by Crippen LogP contribution is -2.27. The number of rotatable bonds is 4. The summed E-state index contributed by atoms with van der Waals surface area (Å²) < 4.78 is 0. The first-order valence-corrected chi connectivity index (χ1v) is 5.85. The largest absolute Gasteiger partial charge is 0.343 e. The Labute approximate surface area is 78.7 Å². The maximum absolute atomic E-state index is 11.4. The van der Waals surface area contributed by atoms with Crippen molar-refractivity contribution >= 4 is 17.7 Å². The minimum atomic E-state index is 0.355. The lowest BCUT2D eigenvalue weighted by molar-refractivity contribution is -0.129. The second-order valence-corrected chi connectivity index (χ2v) is 4.43. The predicted molar refractivity (Wildman–Crippen MR) is 53.4 cm³/mol. The molecule has 0 aliphatic carbocycles. The molecule has 1 fully saturated rings. The number of amides is 1. The van der Waals surface area contributed by atoms with Gasteiger partial charge in [-0.2, -0.15) is 11.8 Å². The number of likely N-dealkylation sites (tertiary alicyclic amines) is 1. The first-order chi connectivity index (χ1) is 5.84. The Kier molecular flexibility index (Phi) is 4.51. The van der Waals surface area contributed by atoms with Crippen molar-refractivity contribution in [2.24, 2.45) is 0 Å². The Morgan fingerprint density at radius 1 is 1.42 bits per heavy atom. The average molecular weight is 187 g/mol. The molecule has 1 rings (SSSR count). The zero-order valence-electron chi connectivity index (χ0n) is 7.71. The van der Waals surface area contributed by atoms with Gasteiger partial charge in [-0.15, -0.1) is 0 Å². The third-order valence-electron chi connectivity index (χ3n) is 2.12. The molecular weight excluding hydrogens is 170 g/mol. The summed E-state index contributed by atoms with van der Waals surface area (Å²) in [6.45, 7) is 4.12. The van der Waals surface area contributed by atoms with Crippen molar-refractivity contribution in [1.29, 1.82) is 0 Å². The molecule has 1 heterocycles. The maximum Gasteiger partial charge on any atom is 0.223 e. The minimum Gasteiger partial charge on any atom is -0.343 e. The zero-order chi connectivity index (χ0) is 8.81. The van der Waals surface area contributed by atoms with Crippen LogP contribution in [0.3, 0.4) is 0 Å². The van der Waals surface area contributed by atoms with E-state index in [-0.39, 0.29) is 0 Å². The summed E-state index contributed by atoms with van der Waals surface area (Å²) in [5, 5.41) is 0. The van der Waals surface area contributed by atoms with Gasteiger partial charge in [0, 0.05) is 25.3 Å². The molecule has 2 nitrogen and oxygen atoms in total. The van der Waals surface area contributed by atoms with E-state index < -0.39 is 0 Å². The molecule has 1 aliphatic rings. The quantitative estimate of drug-likeness (QED) is 0.625. The van der Waals surface area contributed by atoms with Crippen molar-refractivity contribution in [3.63, 3.8) is 0 Å². The van der Waals surface area contributed by atoms with Crippen LogP contribution in [-0.4, -0.2) is 35.4 Å². The van der Waals surface area contributed by atoms with Crippen molar-refractivity contribution in [3.8, 4) is 0 Å². The molecule has 0 saturated carbocycles. The third-order valence-corrected chi connectivity index (χ3v) is 3.02. The van der Waals surface area contributed by atoms with Crippen molar-refractivity contribution in [2.75, 3.05) is 24.6 Å². The molecule has 0 atom stereocenters. The molecule has 3 heteroatoms. The summed E-state index contributed by atoms with van der Waals surface area (Å²) in [4.78, 5) is 13.4. The smallest absolute Gasteiger partial charge is 0.223 e. The van der Waals surface area contributed by atoms with Gasteiger partial charge in [0.25, 0.3) is 0 Å². The van der Waals surface area contributed by atoms with Gasteiger partial charge in [-0.1, -0.05) is 6.92 Å². The highest BCUT2D eigenvalue weighted by molar-refractivity contribution is 7.99. The second-order valence-electron chi connectivity index (χ2n) is 3.03. The molecule has 70 valence electrons. The van der Waals surface area contributed by atoms with Crippen LogP contribution in [0.5, 0.6) is 0 Å². The van der Waals surface area contributed by atoms with Crippen LogP contribution in [-0.2, 0) is 4.79 Å². The third kappa shape index (κ3) is 3.05. The highest BCUT2D eigenvalue weighted by Crippen LogP contribution is 2.10. The average Bonchev–Trinajstić information content (AvgIpc) is 2.56. The van der Waals surface area contributed by atoms with Crippen LogP contribution >= 0.6 is 11.8 Å². The summed E-state index contributed by atoms with van der Waals surface area (Å²) in [6.07, 6.45) is 3.14. The highest BCUT2D eigenvalue weighted by atomic mass is 32.2. The summed E-state index contributed by atoms with van der Waals surface area (Å²) in [5.41, 5.74) is 0. The van der Waals surface area contributed by atoms with Crippen molar-refractivity contribution < 1.29 is 4.79 Å². The van der Waals surface area contributed by atoms with E-state index in [0.29, 0.717) is 5.91 Å². The number of carbonyl (C=O) groups is 1. The molecule has 0 aromatic heterocycles. The molecule has 1 amide bonds. The first kappa shape index (κ1) is 9.90. The minimum absolute atomic E-state index is 0.355. The molecule has 1 saturated heterocycles. The van der Waals surface area contributed by atoms with E-state index in [0.717, 1.165) is 31.0 Å². The Hall–Kier alpha value is -0.180. The second kappa shape index (κ2) is 5.46. The standard InChI is InChI=1S/C9H17NOS/c1-2-12-8-5-9(11)10-6-3-4-7-10/h2-8H2,1H3. The summed E-state index contributed by atoms with van der Waals surface area (Å²) >= 11 is 1.85. The van der Waals surface area contributed by atoms with Crippen molar-refractivity contribution in [2.45, 2.75) is 26.2 Å². The van der Waals surface area contributed by atoms with Crippen molar-refractivity contribution in [1.82, 2.24) is 4.90 Å². The normalized spacial score (nSPS) is 16.9. The number of thioether (sulfide) groups is 1. The first-order valence-electron chi connectivity index (χ1n) is 4.70. The fourth-order valence-electron chi connectivity index (χ4n) is 1.43. The van der Waals surface area contributed by atoms with E-state index in [2.05, 4.69) is 6.92 Å². The summed E-state index contributed by atoms with van der Waals surface area (Å²) in [5.74, 6) is 2.47. The van der Waals surface area contributed by atoms with Crippen LogP contribution in [0.1, 0.15) is 26.2 Å². The van der Waals surface area contributed by atoms with Crippen LogP contribution in [0.2, 0.25) is 0 Å². The molecule has 0 bridgehead atoms. The topological polar surface area (TPSA) is 20.3 Å². The van der Waals surface area contributed by atoms with Crippen LogP contribution in [0.4, 0.5) is 0 Å². The van der Waals surface area contributed by atoms with Crippen LogP contribution < -0.4 is 0 Å². The summed E-state index contributed by atoms with van der Waals surface area (Å²) in [7, 11) is 0. The fourth-order valence-corrected chi connectivity index (χ4v) is 2.04. The molecule has 1 aliphatic heterocycles. The molecule has 0 aromatic rings. The molecule has 0 spiro atoms. The molecule has 0 unspecified atom stereocenters. The SMILES string of the molecule is CCSCCC(=O)N1CCCC1. The van der Waals surface area contributed by atoms with Gasteiger partial charge in [0.05, 0.1) is 0 Å². The van der Waals surface area contributed by atoms with E-state index in [9.17, 15) is 4.79 Å². The number of hydrogen-bond acceptors (Lipinski definition) is 2. The van der Waals surface area contributed by atoms with E-state index in [1.54, 1.807) is 0 Å². The molecule has 12 heavy (non-hydrogen) atoms. The van der Waals surface area contributed by atoms with Gasteiger partial charge < -0.3 is 4.90 Å². The van der Waals surface area contributed by atoms with E-state index >= 15 is 0 Å². The summed E-state index contributed by atoms with van der Waals surface area (Å²) in [6, 6.07) is 0. The van der Waals surface area contributed by atoms with Gasteiger partial charge in [0.1, 0.15) is 0 Å². The van der Waals surface area contributed by atoms with Crippen LogP contribution in [0.25, 0.3) is 0 Å². The van der Waals surface area contributed by atoms with Gasteiger partial charge in [0.2, 0.25) is 5.91 Å². The molecule has 0 N–H and O–H groups in total. The zero-order valence-corrected chi connectivity index (χ0v) is 8.53. The van der Waals surface area contributed by atoms with Gasteiger partial charge in [-0.3, -0.25) is 4.79 Å². The molecule has 0 aromatic carbocycles. The van der Waals surface area contributed by atoms with Gasteiger partial charge in [-0.25, -0.2) is 0 Å². The fraction of sp³-hybridized carbons (Fsp3) is 0.889. The lowest BCUT2D eigenvalue weighted by Gasteiger charge is -2.14. The number of nitrogens with zero attached hydrogens (tertiary/aromatic N) is 1.